The van der Waals surface area contributed by atoms with E-state index >= 15 is 0 Å². The molecule has 2 rings (SSSR count). The van der Waals surface area contributed by atoms with Gasteiger partial charge in [-0.15, -0.1) is 0 Å². The summed E-state index contributed by atoms with van der Waals surface area (Å²) in [4.78, 5) is 1.54. The standard InChI is InChI=1S/C15H22ClNO2/c1-11-4-5-15(14(16)8-11)18-7-6-17-9-12(2)19-13(3)10-17/h4-5,8,12-13H,6-7,9-10H2,1-3H3/p+1/t12-,13-/m1/s1. The number of halogens is 1. The Morgan fingerprint density at radius 1 is 1.32 bits per heavy atom. The van der Waals surface area contributed by atoms with Crippen LogP contribution in [0.2, 0.25) is 5.02 Å². The molecule has 1 heterocycles. The molecule has 0 saturated carbocycles. The molecule has 1 aromatic rings. The number of ether oxygens (including phenoxy) is 2. The molecule has 0 radical (unpaired) electrons. The Hall–Kier alpha value is -0.770. The predicted octanol–water partition coefficient (Wildman–Crippen LogP) is 1.72. The van der Waals surface area contributed by atoms with Crippen LogP contribution in [-0.2, 0) is 4.74 Å². The number of benzene rings is 1. The molecule has 4 heteroatoms. The van der Waals surface area contributed by atoms with E-state index in [0.717, 1.165) is 30.9 Å². The lowest BCUT2D eigenvalue weighted by Gasteiger charge is -2.32. The zero-order valence-corrected chi connectivity index (χ0v) is 12.7. The average molecular weight is 285 g/mol. The lowest BCUT2D eigenvalue weighted by atomic mass is 10.2. The van der Waals surface area contributed by atoms with Crippen LogP contribution in [0.15, 0.2) is 18.2 Å². The molecule has 0 bridgehead atoms. The quantitative estimate of drug-likeness (QED) is 0.910. The van der Waals surface area contributed by atoms with Crippen LogP contribution in [0.3, 0.4) is 0 Å². The monoisotopic (exact) mass is 284 g/mol. The van der Waals surface area contributed by atoms with Gasteiger partial charge in [-0.2, -0.15) is 0 Å². The lowest BCUT2D eigenvalue weighted by Crippen LogP contribution is -3.16. The molecule has 0 unspecified atom stereocenters. The third-order valence-corrected chi connectivity index (χ3v) is 3.71. The number of rotatable bonds is 4. The minimum Gasteiger partial charge on any atom is -0.486 e. The molecule has 0 amide bonds. The second kappa shape index (κ2) is 6.60. The third kappa shape index (κ3) is 4.37. The number of hydrogen-bond donors (Lipinski definition) is 1. The van der Waals surface area contributed by atoms with Gasteiger partial charge < -0.3 is 14.4 Å². The fourth-order valence-electron chi connectivity index (χ4n) is 2.62. The van der Waals surface area contributed by atoms with Crippen molar-refractivity contribution in [1.82, 2.24) is 0 Å². The highest BCUT2D eigenvalue weighted by Gasteiger charge is 2.25. The molecular weight excluding hydrogens is 262 g/mol. The Kier molecular flexibility index (Phi) is 5.08. The highest BCUT2D eigenvalue weighted by atomic mass is 35.5. The topological polar surface area (TPSA) is 22.9 Å². The van der Waals surface area contributed by atoms with Crippen LogP contribution in [0.25, 0.3) is 0 Å². The van der Waals surface area contributed by atoms with Crippen molar-refractivity contribution in [3.8, 4) is 5.75 Å². The Bertz CT molecular complexity index is 415. The summed E-state index contributed by atoms with van der Waals surface area (Å²) in [5.74, 6) is 0.779. The van der Waals surface area contributed by atoms with E-state index in [-0.39, 0.29) is 0 Å². The smallest absolute Gasteiger partial charge is 0.138 e. The van der Waals surface area contributed by atoms with Gasteiger partial charge >= 0.3 is 0 Å². The minimum atomic E-state index is 0.335. The normalized spacial score (nSPS) is 27.3. The Morgan fingerprint density at radius 3 is 2.63 bits per heavy atom. The van der Waals surface area contributed by atoms with Gasteiger partial charge in [0.05, 0.1) is 5.02 Å². The fraction of sp³-hybridized carbons (Fsp3) is 0.600. The third-order valence-electron chi connectivity index (χ3n) is 3.42. The number of nitrogens with one attached hydrogen (secondary N) is 1. The van der Waals surface area contributed by atoms with Gasteiger partial charge in [-0.25, -0.2) is 0 Å². The van der Waals surface area contributed by atoms with E-state index < -0.39 is 0 Å². The van der Waals surface area contributed by atoms with Crippen LogP contribution in [0, 0.1) is 6.92 Å². The first kappa shape index (κ1) is 14.6. The lowest BCUT2D eigenvalue weighted by molar-refractivity contribution is -0.915. The molecule has 3 nitrogen and oxygen atoms in total. The van der Waals surface area contributed by atoms with E-state index in [1.807, 2.05) is 25.1 Å². The van der Waals surface area contributed by atoms with Crippen molar-refractivity contribution in [1.29, 1.82) is 0 Å². The van der Waals surface area contributed by atoms with Crippen LogP contribution in [-0.4, -0.2) is 38.4 Å². The van der Waals surface area contributed by atoms with E-state index in [1.54, 1.807) is 0 Å². The van der Waals surface area contributed by atoms with Crippen molar-refractivity contribution in [2.24, 2.45) is 0 Å². The summed E-state index contributed by atoms with van der Waals surface area (Å²) in [7, 11) is 0. The SMILES string of the molecule is Cc1ccc(OCC[NH+]2C[C@@H](C)O[C@H](C)C2)c(Cl)c1. The molecule has 1 saturated heterocycles. The van der Waals surface area contributed by atoms with Gasteiger partial charge in [0.15, 0.2) is 0 Å². The second-order valence-electron chi connectivity index (χ2n) is 5.45. The van der Waals surface area contributed by atoms with Crippen molar-refractivity contribution in [2.75, 3.05) is 26.2 Å². The van der Waals surface area contributed by atoms with Crippen LogP contribution in [0.5, 0.6) is 5.75 Å². The summed E-state index contributed by atoms with van der Waals surface area (Å²) in [5, 5.41) is 0.693. The Morgan fingerprint density at radius 2 is 2.00 bits per heavy atom. The molecule has 19 heavy (non-hydrogen) atoms. The van der Waals surface area contributed by atoms with Crippen LogP contribution < -0.4 is 9.64 Å². The van der Waals surface area contributed by atoms with Crippen LogP contribution in [0.4, 0.5) is 0 Å². The first-order valence-corrected chi connectivity index (χ1v) is 7.30. The van der Waals surface area contributed by atoms with Crippen molar-refractivity contribution in [2.45, 2.75) is 33.0 Å². The van der Waals surface area contributed by atoms with Gasteiger partial charge in [0.1, 0.15) is 44.2 Å². The summed E-state index contributed by atoms with van der Waals surface area (Å²) < 4.78 is 11.5. The maximum absolute atomic E-state index is 6.15. The zero-order chi connectivity index (χ0) is 13.8. The molecule has 0 aromatic heterocycles. The summed E-state index contributed by atoms with van der Waals surface area (Å²) >= 11 is 6.15. The van der Waals surface area contributed by atoms with E-state index in [9.17, 15) is 0 Å². The first-order chi connectivity index (χ1) is 9.04. The molecule has 1 aliphatic rings. The van der Waals surface area contributed by atoms with Crippen molar-refractivity contribution in [3.63, 3.8) is 0 Å². The summed E-state index contributed by atoms with van der Waals surface area (Å²) in [6.45, 7) is 10.1. The Labute approximate surface area is 120 Å². The Balaban J connectivity index is 1.80. The number of aryl methyl sites for hydroxylation is 1. The number of hydrogen-bond acceptors (Lipinski definition) is 2. The molecule has 1 N–H and O–H groups in total. The van der Waals surface area contributed by atoms with Gasteiger partial charge in [0.2, 0.25) is 0 Å². The molecule has 0 spiro atoms. The van der Waals surface area contributed by atoms with Crippen molar-refractivity contribution in [3.05, 3.63) is 28.8 Å². The molecule has 2 atom stereocenters. The highest BCUT2D eigenvalue weighted by Crippen LogP contribution is 2.24. The maximum Gasteiger partial charge on any atom is 0.138 e. The van der Waals surface area contributed by atoms with E-state index in [4.69, 9.17) is 21.1 Å². The summed E-state index contributed by atoms with van der Waals surface area (Å²) in [6.07, 6.45) is 0.670. The van der Waals surface area contributed by atoms with Gasteiger partial charge in [0.25, 0.3) is 0 Å². The van der Waals surface area contributed by atoms with Crippen LogP contribution in [0.1, 0.15) is 19.4 Å². The van der Waals surface area contributed by atoms with Gasteiger partial charge in [-0.05, 0) is 38.5 Å². The number of morpholine rings is 1. The van der Waals surface area contributed by atoms with Crippen molar-refractivity contribution < 1.29 is 14.4 Å². The minimum absolute atomic E-state index is 0.335. The zero-order valence-electron chi connectivity index (χ0n) is 11.9. The average Bonchev–Trinajstić information content (AvgIpc) is 2.30. The summed E-state index contributed by atoms with van der Waals surface area (Å²) in [6, 6.07) is 5.90. The molecule has 106 valence electrons. The largest absolute Gasteiger partial charge is 0.486 e. The molecule has 1 aromatic carbocycles. The fourth-order valence-corrected chi connectivity index (χ4v) is 2.91. The maximum atomic E-state index is 6.15. The number of quaternary nitrogens is 1. The van der Waals surface area contributed by atoms with E-state index in [0.29, 0.717) is 23.8 Å². The van der Waals surface area contributed by atoms with Gasteiger partial charge in [0, 0.05) is 0 Å². The predicted molar refractivity (Wildman–Crippen MR) is 77.3 cm³/mol. The molecular formula is C15H23ClNO2+. The van der Waals surface area contributed by atoms with E-state index in [1.165, 1.54) is 4.90 Å². The summed E-state index contributed by atoms with van der Waals surface area (Å²) in [5.41, 5.74) is 1.15. The van der Waals surface area contributed by atoms with Gasteiger partial charge in [-0.3, -0.25) is 0 Å². The molecule has 1 aliphatic heterocycles. The second-order valence-corrected chi connectivity index (χ2v) is 5.86. The van der Waals surface area contributed by atoms with Crippen molar-refractivity contribution >= 4 is 11.6 Å². The van der Waals surface area contributed by atoms with Crippen LogP contribution >= 0.6 is 11.6 Å². The highest BCUT2D eigenvalue weighted by molar-refractivity contribution is 6.32. The first-order valence-electron chi connectivity index (χ1n) is 6.92. The molecule has 0 aliphatic carbocycles. The van der Waals surface area contributed by atoms with E-state index in [2.05, 4.69) is 13.8 Å². The van der Waals surface area contributed by atoms with Gasteiger partial charge in [-0.1, -0.05) is 17.7 Å². The molecule has 1 fully saturated rings.